The average Bonchev–Trinajstić information content (AvgIpc) is 3.18. The zero-order chi connectivity index (χ0) is 17.2. The predicted molar refractivity (Wildman–Crippen MR) is 96.7 cm³/mol. The van der Waals surface area contributed by atoms with Crippen LogP contribution in [0, 0.1) is 0 Å². The van der Waals surface area contributed by atoms with Gasteiger partial charge in [-0.05, 0) is 25.7 Å². The number of nitrogens with zero attached hydrogens (tertiary/aromatic N) is 5. The molecule has 2 aliphatic rings. The van der Waals surface area contributed by atoms with E-state index >= 15 is 0 Å². The van der Waals surface area contributed by atoms with Gasteiger partial charge in [0.2, 0.25) is 5.82 Å². The number of aryl methyl sites for hydroxylation is 1. The third kappa shape index (κ3) is 3.45. The molecule has 2 aromatic heterocycles. The number of rotatable bonds is 3. The molecule has 0 radical (unpaired) electrons. The predicted octanol–water partition coefficient (Wildman–Crippen LogP) is 2.42. The van der Waals surface area contributed by atoms with Crippen molar-refractivity contribution in [1.29, 1.82) is 0 Å². The van der Waals surface area contributed by atoms with Crippen molar-refractivity contribution in [3.63, 3.8) is 0 Å². The Kier molecular flexibility index (Phi) is 4.55. The van der Waals surface area contributed by atoms with Crippen molar-refractivity contribution < 1.29 is 4.79 Å². The van der Waals surface area contributed by atoms with Crippen molar-refractivity contribution >= 4 is 22.8 Å². The van der Waals surface area contributed by atoms with E-state index in [0.29, 0.717) is 5.65 Å². The molecule has 1 N–H and O–H groups in total. The Bertz CT molecular complexity index is 756. The van der Waals surface area contributed by atoms with Gasteiger partial charge < -0.3 is 10.2 Å². The highest BCUT2D eigenvalue weighted by molar-refractivity contribution is 5.95. The fourth-order valence-corrected chi connectivity index (χ4v) is 3.95. The maximum Gasteiger partial charge on any atom is 0.289 e. The Labute approximate surface area is 147 Å². The number of carbonyl (C=O) groups is 1. The summed E-state index contributed by atoms with van der Waals surface area (Å²) in [5, 5.41) is 8.48. The Hall–Kier alpha value is -2.18. The normalized spacial score (nSPS) is 19.3. The van der Waals surface area contributed by atoms with Crippen LogP contribution >= 0.6 is 0 Å². The Balaban J connectivity index is 1.63. The van der Waals surface area contributed by atoms with Crippen LogP contribution in [-0.2, 0) is 7.05 Å². The largest absolute Gasteiger partial charge is 0.356 e. The summed E-state index contributed by atoms with van der Waals surface area (Å²) in [6.07, 6.45) is 11.3. The monoisotopic (exact) mass is 342 g/mol. The molecule has 0 aromatic carbocycles. The number of anilines is 1. The number of hydrogen-bond acceptors (Lipinski definition) is 5. The number of carbonyl (C=O) groups excluding carboxylic acids is 1. The van der Waals surface area contributed by atoms with Crippen molar-refractivity contribution in [3.8, 4) is 0 Å². The van der Waals surface area contributed by atoms with E-state index in [1.165, 1.54) is 25.7 Å². The molecular weight excluding hydrogens is 316 g/mol. The molecular formula is C18H26N6O. The summed E-state index contributed by atoms with van der Waals surface area (Å²) < 4.78 is 1.74. The summed E-state index contributed by atoms with van der Waals surface area (Å²) >= 11 is 0. The molecule has 2 fully saturated rings. The molecule has 7 heteroatoms. The number of fused-ring (bicyclic) bond motifs is 1. The number of aromatic nitrogens is 4. The van der Waals surface area contributed by atoms with Crippen LogP contribution in [0.25, 0.3) is 11.0 Å². The molecule has 1 saturated carbocycles. The van der Waals surface area contributed by atoms with Crippen LogP contribution in [0.5, 0.6) is 0 Å². The molecule has 0 atom stereocenters. The third-order valence-corrected chi connectivity index (χ3v) is 5.27. The summed E-state index contributed by atoms with van der Waals surface area (Å²) in [6, 6.07) is 0.244. The van der Waals surface area contributed by atoms with Crippen molar-refractivity contribution in [3.05, 3.63) is 12.0 Å². The van der Waals surface area contributed by atoms with Gasteiger partial charge in [-0.25, -0.2) is 9.97 Å². The maximum atomic E-state index is 12.8. The molecule has 3 heterocycles. The van der Waals surface area contributed by atoms with Crippen molar-refractivity contribution in [1.82, 2.24) is 25.1 Å². The molecule has 0 spiro atoms. The van der Waals surface area contributed by atoms with Gasteiger partial charge in [-0.15, -0.1) is 0 Å². The van der Waals surface area contributed by atoms with E-state index in [1.54, 1.807) is 4.68 Å². The first kappa shape index (κ1) is 16.3. The number of hydrogen-bond donors (Lipinski definition) is 1. The van der Waals surface area contributed by atoms with Gasteiger partial charge in [-0.3, -0.25) is 9.48 Å². The van der Waals surface area contributed by atoms with Crippen LogP contribution in [0.4, 0.5) is 5.82 Å². The molecule has 4 rings (SSSR count). The first-order valence-corrected chi connectivity index (χ1v) is 9.48. The van der Waals surface area contributed by atoms with Gasteiger partial charge in [-0.2, -0.15) is 5.10 Å². The number of amides is 1. The van der Waals surface area contributed by atoms with E-state index in [-0.39, 0.29) is 17.8 Å². The molecule has 1 aliphatic carbocycles. The second-order valence-corrected chi connectivity index (χ2v) is 7.27. The van der Waals surface area contributed by atoms with Crippen LogP contribution in [0.3, 0.4) is 0 Å². The highest BCUT2D eigenvalue weighted by Crippen LogP contribution is 2.26. The average molecular weight is 342 g/mol. The highest BCUT2D eigenvalue weighted by Gasteiger charge is 2.23. The van der Waals surface area contributed by atoms with E-state index in [2.05, 4.69) is 25.3 Å². The lowest BCUT2D eigenvalue weighted by molar-refractivity contribution is 0.0923. The van der Waals surface area contributed by atoms with Crippen LogP contribution in [0.15, 0.2) is 6.20 Å². The SMILES string of the molecule is Cn1cc2c(N3CCCC3)nc(C(=O)NC3CCCCCC3)nc2n1. The molecule has 7 nitrogen and oxygen atoms in total. The van der Waals surface area contributed by atoms with Gasteiger partial charge in [-0.1, -0.05) is 25.7 Å². The molecule has 1 amide bonds. The van der Waals surface area contributed by atoms with E-state index in [1.807, 2.05) is 13.2 Å². The Morgan fingerprint density at radius 3 is 2.52 bits per heavy atom. The Morgan fingerprint density at radius 1 is 1.08 bits per heavy atom. The van der Waals surface area contributed by atoms with Gasteiger partial charge in [0.05, 0.1) is 5.39 Å². The van der Waals surface area contributed by atoms with Crippen LogP contribution in [0.2, 0.25) is 0 Å². The standard InChI is InChI=1S/C18H26N6O/c1-23-12-14-15(22-23)20-16(21-17(14)24-10-6-7-11-24)18(25)19-13-8-4-2-3-5-9-13/h12-13H,2-11H2,1H3,(H,19,25). The lowest BCUT2D eigenvalue weighted by atomic mass is 10.1. The second-order valence-electron chi connectivity index (χ2n) is 7.27. The first-order valence-electron chi connectivity index (χ1n) is 9.48. The van der Waals surface area contributed by atoms with Crippen LogP contribution in [-0.4, -0.2) is 44.8 Å². The zero-order valence-corrected chi connectivity index (χ0v) is 14.9. The van der Waals surface area contributed by atoms with Crippen molar-refractivity contribution in [2.45, 2.75) is 57.4 Å². The van der Waals surface area contributed by atoms with E-state index in [9.17, 15) is 4.79 Å². The fourth-order valence-electron chi connectivity index (χ4n) is 3.95. The molecule has 1 aliphatic heterocycles. The van der Waals surface area contributed by atoms with Gasteiger partial charge in [0.1, 0.15) is 5.82 Å². The summed E-state index contributed by atoms with van der Waals surface area (Å²) in [4.78, 5) is 24.1. The minimum absolute atomic E-state index is 0.167. The van der Waals surface area contributed by atoms with Gasteiger partial charge in [0, 0.05) is 32.4 Å². The second kappa shape index (κ2) is 6.98. The molecule has 2 aromatic rings. The maximum absolute atomic E-state index is 12.8. The third-order valence-electron chi connectivity index (χ3n) is 5.27. The summed E-state index contributed by atoms with van der Waals surface area (Å²) in [5.74, 6) is 0.930. The van der Waals surface area contributed by atoms with E-state index in [0.717, 1.165) is 50.0 Å². The smallest absolute Gasteiger partial charge is 0.289 e. The van der Waals surface area contributed by atoms with Crippen LogP contribution in [0.1, 0.15) is 62.0 Å². The van der Waals surface area contributed by atoms with Gasteiger partial charge in [0.15, 0.2) is 5.65 Å². The van der Waals surface area contributed by atoms with Crippen molar-refractivity contribution in [2.24, 2.45) is 7.05 Å². The van der Waals surface area contributed by atoms with Crippen molar-refractivity contribution in [2.75, 3.05) is 18.0 Å². The van der Waals surface area contributed by atoms with Gasteiger partial charge in [0.25, 0.3) is 5.91 Å². The van der Waals surface area contributed by atoms with Crippen LogP contribution < -0.4 is 10.2 Å². The molecule has 134 valence electrons. The summed E-state index contributed by atoms with van der Waals surface area (Å²) in [5.41, 5.74) is 0.602. The summed E-state index contributed by atoms with van der Waals surface area (Å²) in [7, 11) is 1.88. The van der Waals surface area contributed by atoms with E-state index < -0.39 is 0 Å². The lowest BCUT2D eigenvalue weighted by Crippen LogP contribution is -2.35. The molecule has 0 unspecified atom stereocenters. The quantitative estimate of drug-likeness (QED) is 0.867. The lowest BCUT2D eigenvalue weighted by Gasteiger charge is -2.19. The number of nitrogens with one attached hydrogen (secondary N) is 1. The fraction of sp³-hybridized carbons (Fsp3) is 0.667. The highest BCUT2D eigenvalue weighted by atomic mass is 16.2. The zero-order valence-electron chi connectivity index (χ0n) is 14.9. The minimum Gasteiger partial charge on any atom is -0.356 e. The Morgan fingerprint density at radius 2 is 1.80 bits per heavy atom. The first-order chi connectivity index (χ1) is 12.2. The van der Waals surface area contributed by atoms with E-state index in [4.69, 9.17) is 0 Å². The summed E-state index contributed by atoms with van der Waals surface area (Å²) in [6.45, 7) is 1.95. The molecule has 25 heavy (non-hydrogen) atoms. The van der Waals surface area contributed by atoms with Gasteiger partial charge >= 0.3 is 0 Å². The topological polar surface area (TPSA) is 75.9 Å². The minimum atomic E-state index is -0.167. The molecule has 1 saturated heterocycles. The molecule has 0 bridgehead atoms.